The molecule has 44 heteroatoms. The van der Waals surface area contributed by atoms with E-state index in [-0.39, 0.29) is 89.1 Å². The third-order valence-corrected chi connectivity index (χ3v) is 17.3. The molecule has 0 radical (unpaired) electrons. The molecule has 2 aromatic carbocycles. The minimum absolute atomic E-state index is 0.0236. The predicted molar refractivity (Wildman–Crippen MR) is 410 cm³/mol. The third-order valence-electron chi connectivity index (χ3n) is 17.3. The molecule has 0 bridgehead atoms. The highest BCUT2D eigenvalue weighted by atomic mass is 16.7. The minimum atomic E-state index is -1.86. The van der Waals surface area contributed by atoms with Crippen LogP contribution in [0.3, 0.4) is 0 Å². The van der Waals surface area contributed by atoms with Crippen molar-refractivity contribution in [2.75, 3.05) is 59.0 Å². The second kappa shape index (κ2) is 52.3. The highest BCUT2D eigenvalue weighted by molar-refractivity contribution is 6.00. The molecule has 0 aromatic heterocycles. The first-order valence-electron chi connectivity index (χ1n) is 37.6. The van der Waals surface area contributed by atoms with Crippen molar-refractivity contribution in [2.45, 2.75) is 191 Å². The molecule has 0 aliphatic carbocycles. The first-order chi connectivity index (χ1) is 54.9. The van der Waals surface area contributed by atoms with Crippen molar-refractivity contribution in [3.05, 3.63) is 65.7 Å². The lowest BCUT2D eigenvalue weighted by Gasteiger charge is -2.27. The molecule has 1 aliphatic rings. The van der Waals surface area contributed by atoms with E-state index in [2.05, 4.69) is 90.5 Å². The van der Waals surface area contributed by atoms with Crippen LogP contribution in [0.2, 0.25) is 0 Å². The molecule has 1 fully saturated rings. The molecular weight excluding hydrogens is 1530 g/mol. The number of carboxylic acid groups (broad SMARTS) is 2. The SMILES string of the molecule is CC(C)C[C@H](NC(=O)[C@H](Cc1ccccc1)NC(=O)[C@H](CCCNC(=N)N)NC(=O)CNC(=O)[C@@H](NC(=O)CNC(=O)[C@H](C)NC(=O)[C@@H]1CCC(=O)ONCC(=O)NCC(=O)N[C@@H](CO)C(=O)NCC(=O)N[C@@H](CCCCN)C(=O)N[C@H](Cc2ccc(O)cc2)C(=O)N[C@@H](CCCCN)C(=O)N1)C(C)C)C(=O)N[C@@H](CC(=O)O)C(=O)O. The maximum absolute atomic E-state index is 14.6. The number of phenolic OH excluding ortho intramolecular Hbond substituents is 1. The number of nitrogens with two attached hydrogens (primary N) is 3. The fourth-order valence-electron chi connectivity index (χ4n) is 11.1. The second-order valence-corrected chi connectivity index (χ2v) is 27.9. The van der Waals surface area contributed by atoms with Crippen LogP contribution in [0.1, 0.15) is 123 Å². The number of hydrogen-bond acceptors (Lipinski definition) is 25. The molecule has 11 atom stereocenters. The van der Waals surface area contributed by atoms with Gasteiger partial charge < -0.3 is 128 Å². The Morgan fingerprint density at radius 3 is 1.68 bits per heavy atom. The van der Waals surface area contributed by atoms with Gasteiger partial charge >= 0.3 is 17.9 Å². The van der Waals surface area contributed by atoms with Crippen LogP contribution < -0.4 is 108 Å². The summed E-state index contributed by atoms with van der Waals surface area (Å²) in [7, 11) is 0. The van der Waals surface area contributed by atoms with Crippen molar-refractivity contribution < 1.29 is 112 Å². The predicted octanol–water partition coefficient (Wildman–Crippen LogP) is -8.39. The van der Waals surface area contributed by atoms with Crippen LogP contribution >= 0.6 is 0 Å². The van der Waals surface area contributed by atoms with Gasteiger partial charge in [0.1, 0.15) is 78.8 Å². The highest BCUT2D eigenvalue weighted by Gasteiger charge is 2.37. The maximum Gasteiger partial charge on any atom is 0.326 e. The molecule has 3 rings (SSSR count). The zero-order valence-electron chi connectivity index (χ0n) is 65.2. The Morgan fingerprint density at radius 1 is 0.552 bits per heavy atom. The number of aliphatic hydroxyl groups is 1. The van der Waals surface area contributed by atoms with Crippen LogP contribution in [-0.4, -0.2) is 258 Å². The summed E-state index contributed by atoms with van der Waals surface area (Å²) in [6.45, 7) is 2.99. The summed E-state index contributed by atoms with van der Waals surface area (Å²) in [5.74, 6) is -20.6. The number of carbonyl (C=O) groups excluding carboxylic acids is 16. The monoisotopic (exact) mass is 1640 g/mol. The summed E-state index contributed by atoms with van der Waals surface area (Å²) >= 11 is 0. The van der Waals surface area contributed by atoms with Gasteiger partial charge in [0.05, 0.1) is 39.2 Å². The molecule has 15 amide bonds. The Bertz CT molecular complexity index is 3710. The molecule has 0 saturated carbocycles. The standard InChI is InChI=1S/C72H111N21O23/c1-38(2)28-48(67(110)92-51(71(114)115)31-58(101)102)89-69(112)49(29-41-14-7-6-8-15-41)90-65(108)45(18-13-27-77-72(75)76)85-56(99)34-81-70(113)60(39(3)4)93-57(100)35-79-61(104)40(5)83-63(106)47-23-24-59(103)116-82-36-53(96)78-32-54(97)86-52(37-94)62(105)80-33-55(98)84-44(16-9-11-25-73)64(107)91-50(30-42-19-21-43(95)22-20-42)68(111)87-46(66(109)88-47)17-10-12-26-74/h6-8,14-15,19-22,38-40,44-52,60,82,94-95H,9-13,16-18,23-37,73-74H2,1-5H3,(H,78,96)(H,79,104)(H,80,105)(H,81,113)(H,83,106)(H,84,98)(H,85,99)(H,86,97)(H,87,111)(H,88,109)(H,89,112)(H,90,108)(H,91,107)(H,92,110)(H,93,100)(H,101,102)(H,114,115)(H4,75,76,77)/t40-,44-,45-,46-,47-,48-,49-,50+,51-,52-,60-/m0/s1. The van der Waals surface area contributed by atoms with Gasteiger partial charge in [-0.25, -0.2) is 4.79 Å². The van der Waals surface area contributed by atoms with E-state index in [0.29, 0.717) is 24.0 Å². The molecular formula is C72H111N21O23. The molecule has 2 aromatic rings. The Hall–Kier alpha value is -12.2. The number of amides is 15. The Morgan fingerprint density at radius 2 is 1.09 bits per heavy atom. The summed E-state index contributed by atoms with van der Waals surface area (Å²) in [4.78, 5) is 247. The van der Waals surface area contributed by atoms with Crippen LogP contribution in [-0.2, 0) is 104 Å². The Balaban J connectivity index is 1.88. The first-order valence-corrected chi connectivity index (χ1v) is 37.6. The minimum Gasteiger partial charge on any atom is -0.508 e. The number of carboxylic acids is 2. The topological polar surface area (TPSA) is 704 Å². The van der Waals surface area contributed by atoms with Gasteiger partial charge in [0.2, 0.25) is 88.6 Å². The van der Waals surface area contributed by atoms with E-state index in [4.69, 9.17) is 27.4 Å². The average Bonchev–Trinajstić information content (AvgIpc) is 0.867. The van der Waals surface area contributed by atoms with Gasteiger partial charge in [0.15, 0.2) is 5.96 Å². The van der Waals surface area contributed by atoms with Crippen LogP contribution in [0.15, 0.2) is 54.6 Å². The number of nitrogens with one attached hydrogen (secondary N) is 18. The van der Waals surface area contributed by atoms with Gasteiger partial charge in [0.25, 0.3) is 0 Å². The fraction of sp³-hybridized carbons (Fsp3) is 0.569. The summed E-state index contributed by atoms with van der Waals surface area (Å²) in [5.41, 5.74) is 20.0. The van der Waals surface area contributed by atoms with E-state index in [1.54, 1.807) is 44.2 Å². The normalized spacial score (nSPS) is 18.6. The van der Waals surface area contributed by atoms with Gasteiger partial charge in [-0.2, -0.15) is 0 Å². The first kappa shape index (κ1) is 98.0. The van der Waals surface area contributed by atoms with E-state index in [1.807, 2.05) is 0 Å². The number of aliphatic hydroxyl groups excluding tert-OH is 1. The van der Waals surface area contributed by atoms with Crippen molar-refractivity contribution in [2.24, 2.45) is 29.0 Å². The molecule has 1 aliphatic heterocycles. The molecule has 0 spiro atoms. The van der Waals surface area contributed by atoms with Crippen LogP contribution in [0.4, 0.5) is 0 Å². The number of guanidine groups is 1. The largest absolute Gasteiger partial charge is 0.508 e. The van der Waals surface area contributed by atoms with E-state index >= 15 is 0 Å². The molecule has 642 valence electrons. The Labute approximate surface area is 668 Å². The second-order valence-electron chi connectivity index (χ2n) is 27.9. The summed E-state index contributed by atoms with van der Waals surface area (Å²) in [6, 6.07) is -3.33. The van der Waals surface area contributed by atoms with Crippen molar-refractivity contribution in [3.63, 3.8) is 0 Å². The lowest BCUT2D eigenvalue weighted by molar-refractivity contribution is -0.152. The van der Waals surface area contributed by atoms with Crippen LogP contribution in [0.5, 0.6) is 5.75 Å². The molecule has 1 saturated heterocycles. The molecule has 28 N–H and O–H groups in total. The number of phenols is 1. The molecule has 1 heterocycles. The van der Waals surface area contributed by atoms with E-state index in [0.717, 1.165) is 0 Å². The maximum atomic E-state index is 14.6. The van der Waals surface area contributed by atoms with Crippen molar-refractivity contribution in [1.82, 2.24) is 90.5 Å². The number of benzene rings is 2. The van der Waals surface area contributed by atoms with Crippen molar-refractivity contribution in [1.29, 1.82) is 5.41 Å². The lowest BCUT2D eigenvalue weighted by Crippen LogP contribution is -2.59. The van der Waals surface area contributed by atoms with Crippen LogP contribution in [0.25, 0.3) is 0 Å². The molecule has 0 unspecified atom stereocenters. The zero-order chi connectivity index (χ0) is 86.6. The number of unbranched alkanes of at least 4 members (excludes halogenated alkanes) is 2. The number of aromatic hydroxyl groups is 1. The van der Waals surface area contributed by atoms with Gasteiger partial charge in [-0.1, -0.05) is 70.2 Å². The lowest BCUT2D eigenvalue weighted by atomic mass is 10.00. The highest BCUT2D eigenvalue weighted by Crippen LogP contribution is 2.16. The number of hydrogen-bond donors (Lipinski definition) is 25. The number of hydroxylamine groups is 1. The van der Waals surface area contributed by atoms with E-state index in [1.165, 1.54) is 45.0 Å². The molecule has 116 heavy (non-hydrogen) atoms. The quantitative estimate of drug-likeness (QED) is 0.0168. The summed E-state index contributed by atoms with van der Waals surface area (Å²) < 4.78 is 0. The summed E-state index contributed by atoms with van der Waals surface area (Å²) in [6.07, 6.45) is -2.03. The number of rotatable bonds is 39. The Kier molecular flexibility index (Phi) is 44.1. The van der Waals surface area contributed by atoms with Gasteiger partial charge in [0, 0.05) is 25.8 Å². The fourth-order valence-corrected chi connectivity index (χ4v) is 11.1. The van der Waals surface area contributed by atoms with Crippen LogP contribution in [0, 0.1) is 17.2 Å². The average molecular weight is 1640 g/mol. The van der Waals surface area contributed by atoms with Gasteiger partial charge in [-0.3, -0.25) is 86.9 Å². The number of carbonyl (C=O) groups is 18. The van der Waals surface area contributed by atoms with E-state index < -0.39 is 243 Å². The van der Waals surface area contributed by atoms with Crippen molar-refractivity contribution >= 4 is 112 Å². The molecule has 44 nitrogen and oxygen atoms in total. The van der Waals surface area contributed by atoms with Gasteiger partial charge in [-0.15, -0.1) is 5.48 Å². The summed E-state index contributed by atoms with van der Waals surface area (Å²) in [5, 5.41) is 85.1. The number of aliphatic carboxylic acids is 2. The van der Waals surface area contributed by atoms with Gasteiger partial charge in [-0.05, 0) is 119 Å². The van der Waals surface area contributed by atoms with E-state index in [9.17, 15) is 107 Å². The smallest absolute Gasteiger partial charge is 0.326 e. The third kappa shape index (κ3) is 38.6. The van der Waals surface area contributed by atoms with Crippen molar-refractivity contribution in [3.8, 4) is 5.75 Å². The zero-order valence-corrected chi connectivity index (χ0v) is 65.2.